The summed E-state index contributed by atoms with van der Waals surface area (Å²) in [7, 11) is 0. The van der Waals surface area contributed by atoms with Crippen molar-refractivity contribution >= 4 is 0 Å². The highest BCUT2D eigenvalue weighted by Gasteiger charge is 2.20. The fraction of sp³-hybridized carbons (Fsp3) is 0.647. The molecular weight excluding hydrogens is 232 g/mol. The van der Waals surface area contributed by atoms with Crippen molar-refractivity contribution in [3.63, 3.8) is 0 Å². The fourth-order valence-corrected chi connectivity index (χ4v) is 2.69. The molecule has 1 aromatic carbocycles. The van der Waals surface area contributed by atoms with Gasteiger partial charge in [0.05, 0.1) is 0 Å². The molecule has 1 aromatic rings. The summed E-state index contributed by atoms with van der Waals surface area (Å²) in [5.41, 5.74) is 1.66. The van der Waals surface area contributed by atoms with Gasteiger partial charge >= 0.3 is 0 Å². The highest BCUT2D eigenvalue weighted by Crippen LogP contribution is 2.14. The lowest BCUT2D eigenvalue weighted by Crippen LogP contribution is -2.49. The Balaban J connectivity index is 1.71. The standard InChI is InChI=1S/C17H28N2/c1-17(2,12-11-15-8-4-3-5-9-15)19-14-16-10-6-7-13-18-16/h3-5,8-9,16,18-19H,6-7,10-14H2,1-2H3. The molecule has 2 rings (SSSR count). The van der Waals surface area contributed by atoms with Gasteiger partial charge in [-0.2, -0.15) is 0 Å². The second-order valence-corrected chi connectivity index (χ2v) is 6.40. The van der Waals surface area contributed by atoms with Crippen LogP contribution in [0.25, 0.3) is 0 Å². The Bertz CT molecular complexity index is 353. The third-order valence-corrected chi connectivity index (χ3v) is 4.12. The maximum atomic E-state index is 3.74. The Morgan fingerprint density at radius 2 is 2.00 bits per heavy atom. The monoisotopic (exact) mass is 260 g/mol. The van der Waals surface area contributed by atoms with Crippen molar-refractivity contribution in [2.24, 2.45) is 0 Å². The Morgan fingerprint density at radius 1 is 1.21 bits per heavy atom. The number of benzene rings is 1. The molecule has 106 valence electrons. The van der Waals surface area contributed by atoms with Crippen LogP contribution in [0.3, 0.4) is 0 Å². The van der Waals surface area contributed by atoms with E-state index in [0.717, 1.165) is 13.0 Å². The summed E-state index contributed by atoms with van der Waals surface area (Å²) in [4.78, 5) is 0. The molecule has 2 nitrogen and oxygen atoms in total. The first-order valence-corrected chi connectivity index (χ1v) is 7.68. The third kappa shape index (κ3) is 5.33. The van der Waals surface area contributed by atoms with Gasteiger partial charge in [0.2, 0.25) is 0 Å². The van der Waals surface area contributed by atoms with Crippen LogP contribution in [0.2, 0.25) is 0 Å². The van der Waals surface area contributed by atoms with Gasteiger partial charge in [0.25, 0.3) is 0 Å². The zero-order valence-electron chi connectivity index (χ0n) is 12.4. The van der Waals surface area contributed by atoms with E-state index in [9.17, 15) is 0 Å². The van der Waals surface area contributed by atoms with Gasteiger partial charge in [-0.3, -0.25) is 0 Å². The van der Waals surface area contributed by atoms with Crippen LogP contribution in [0.1, 0.15) is 45.1 Å². The molecule has 1 atom stereocenters. The predicted molar refractivity (Wildman–Crippen MR) is 82.5 cm³/mol. The van der Waals surface area contributed by atoms with Crippen molar-refractivity contribution in [1.29, 1.82) is 0 Å². The maximum absolute atomic E-state index is 3.74. The minimum absolute atomic E-state index is 0.217. The molecule has 1 aliphatic rings. The molecule has 0 spiro atoms. The average Bonchev–Trinajstić information content (AvgIpc) is 2.46. The van der Waals surface area contributed by atoms with E-state index in [1.54, 1.807) is 0 Å². The van der Waals surface area contributed by atoms with Crippen molar-refractivity contribution in [2.45, 2.75) is 57.5 Å². The summed E-state index contributed by atoms with van der Waals surface area (Å²) in [6.07, 6.45) is 6.38. The molecule has 0 amide bonds. The number of piperidine rings is 1. The van der Waals surface area contributed by atoms with E-state index in [-0.39, 0.29) is 5.54 Å². The molecule has 1 aliphatic heterocycles. The van der Waals surface area contributed by atoms with Crippen molar-refractivity contribution in [3.8, 4) is 0 Å². The first-order valence-electron chi connectivity index (χ1n) is 7.68. The number of hydrogen-bond acceptors (Lipinski definition) is 2. The fourth-order valence-electron chi connectivity index (χ4n) is 2.69. The molecular formula is C17H28N2. The topological polar surface area (TPSA) is 24.1 Å². The van der Waals surface area contributed by atoms with Crippen LogP contribution >= 0.6 is 0 Å². The lowest BCUT2D eigenvalue weighted by atomic mass is 9.94. The zero-order valence-corrected chi connectivity index (χ0v) is 12.4. The maximum Gasteiger partial charge on any atom is 0.0192 e. The van der Waals surface area contributed by atoms with Crippen LogP contribution in [-0.2, 0) is 6.42 Å². The summed E-state index contributed by atoms with van der Waals surface area (Å²) in [6, 6.07) is 11.5. The van der Waals surface area contributed by atoms with Crippen LogP contribution in [0.15, 0.2) is 30.3 Å². The molecule has 0 bridgehead atoms. The second-order valence-electron chi connectivity index (χ2n) is 6.40. The van der Waals surface area contributed by atoms with E-state index in [1.807, 2.05) is 0 Å². The van der Waals surface area contributed by atoms with Gasteiger partial charge in [0, 0.05) is 18.1 Å². The van der Waals surface area contributed by atoms with Gasteiger partial charge in [-0.05, 0) is 51.6 Å². The largest absolute Gasteiger partial charge is 0.313 e. The van der Waals surface area contributed by atoms with Crippen molar-refractivity contribution in [3.05, 3.63) is 35.9 Å². The van der Waals surface area contributed by atoms with Crippen LogP contribution < -0.4 is 10.6 Å². The SMILES string of the molecule is CC(C)(CCc1ccccc1)NCC1CCCCN1. The average molecular weight is 260 g/mol. The molecule has 1 heterocycles. The smallest absolute Gasteiger partial charge is 0.0192 e. The summed E-state index contributed by atoms with van der Waals surface area (Å²) in [5, 5.41) is 7.34. The first-order chi connectivity index (χ1) is 9.16. The van der Waals surface area contributed by atoms with Gasteiger partial charge in [0.15, 0.2) is 0 Å². The minimum Gasteiger partial charge on any atom is -0.313 e. The van der Waals surface area contributed by atoms with Crippen LogP contribution in [0.4, 0.5) is 0 Å². The summed E-state index contributed by atoms with van der Waals surface area (Å²) >= 11 is 0. The second kappa shape index (κ2) is 7.06. The molecule has 2 heteroatoms. The number of nitrogens with one attached hydrogen (secondary N) is 2. The van der Waals surface area contributed by atoms with E-state index in [0.29, 0.717) is 6.04 Å². The normalized spacial score (nSPS) is 20.4. The highest BCUT2D eigenvalue weighted by atomic mass is 15.0. The van der Waals surface area contributed by atoms with Crippen molar-refractivity contribution in [1.82, 2.24) is 10.6 Å². The van der Waals surface area contributed by atoms with Gasteiger partial charge < -0.3 is 10.6 Å². The Morgan fingerprint density at radius 3 is 2.68 bits per heavy atom. The molecule has 0 radical (unpaired) electrons. The van der Waals surface area contributed by atoms with E-state index in [4.69, 9.17) is 0 Å². The van der Waals surface area contributed by atoms with Crippen molar-refractivity contribution in [2.75, 3.05) is 13.1 Å². The van der Waals surface area contributed by atoms with E-state index < -0.39 is 0 Å². The van der Waals surface area contributed by atoms with Gasteiger partial charge in [-0.15, -0.1) is 0 Å². The Labute approximate surface area is 118 Å². The quantitative estimate of drug-likeness (QED) is 0.821. The molecule has 0 aliphatic carbocycles. The molecule has 1 fully saturated rings. The molecule has 19 heavy (non-hydrogen) atoms. The zero-order chi connectivity index (χ0) is 13.6. The van der Waals surface area contributed by atoms with Gasteiger partial charge in [-0.25, -0.2) is 0 Å². The number of aryl methyl sites for hydroxylation is 1. The Kier molecular flexibility index (Phi) is 5.41. The summed E-state index contributed by atoms with van der Waals surface area (Å²) in [5.74, 6) is 0. The van der Waals surface area contributed by atoms with E-state index in [1.165, 1.54) is 37.8 Å². The molecule has 1 unspecified atom stereocenters. The predicted octanol–water partition coefficient (Wildman–Crippen LogP) is 3.13. The van der Waals surface area contributed by atoms with E-state index in [2.05, 4.69) is 54.8 Å². The van der Waals surface area contributed by atoms with Crippen LogP contribution in [0.5, 0.6) is 0 Å². The molecule has 0 saturated carbocycles. The van der Waals surface area contributed by atoms with Gasteiger partial charge in [0.1, 0.15) is 0 Å². The summed E-state index contributed by atoms with van der Waals surface area (Å²) in [6.45, 7) is 6.93. The summed E-state index contributed by atoms with van der Waals surface area (Å²) < 4.78 is 0. The van der Waals surface area contributed by atoms with Crippen LogP contribution in [0, 0.1) is 0 Å². The van der Waals surface area contributed by atoms with Gasteiger partial charge in [-0.1, -0.05) is 36.8 Å². The molecule has 2 N–H and O–H groups in total. The first kappa shape index (κ1) is 14.5. The highest BCUT2D eigenvalue weighted by molar-refractivity contribution is 5.15. The molecule has 0 aromatic heterocycles. The van der Waals surface area contributed by atoms with E-state index >= 15 is 0 Å². The third-order valence-electron chi connectivity index (χ3n) is 4.12. The lowest BCUT2D eigenvalue weighted by Gasteiger charge is -2.31. The van der Waals surface area contributed by atoms with Crippen LogP contribution in [-0.4, -0.2) is 24.7 Å². The lowest BCUT2D eigenvalue weighted by molar-refractivity contribution is 0.310. The molecule has 1 saturated heterocycles. The number of rotatable bonds is 6. The van der Waals surface area contributed by atoms with Crippen molar-refractivity contribution < 1.29 is 0 Å². The minimum atomic E-state index is 0.217. The number of hydrogen-bond donors (Lipinski definition) is 2. The Hall–Kier alpha value is -0.860.